The predicted octanol–water partition coefficient (Wildman–Crippen LogP) is 3.98. The van der Waals surface area contributed by atoms with Crippen LogP contribution in [-0.2, 0) is 4.74 Å². The summed E-state index contributed by atoms with van der Waals surface area (Å²) in [6, 6.07) is 15.3. The second kappa shape index (κ2) is 12.2. The standard InChI is InChI=1S/C21H27ClO5S/c1-15(2)25-13-17(24)14-27-19-5-9-21(10-6-19)28-20-7-3-18(4-8-20)26-12-16(23)11-22/h3-10,15-17,23-24H,11-14H2,1-2H3. The zero-order valence-electron chi connectivity index (χ0n) is 16.1. The highest BCUT2D eigenvalue weighted by Gasteiger charge is 2.07. The van der Waals surface area contributed by atoms with Crippen LogP contribution >= 0.6 is 23.4 Å². The average Bonchev–Trinajstić information content (AvgIpc) is 2.71. The van der Waals surface area contributed by atoms with Gasteiger partial charge in [-0.25, -0.2) is 0 Å². The number of ether oxygens (including phenoxy) is 3. The van der Waals surface area contributed by atoms with Crippen LogP contribution < -0.4 is 9.47 Å². The molecule has 0 heterocycles. The molecule has 2 unspecified atom stereocenters. The summed E-state index contributed by atoms with van der Waals surface area (Å²) < 4.78 is 16.4. The van der Waals surface area contributed by atoms with E-state index in [2.05, 4.69) is 0 Å². The number of hydrogen-bond acceptors (Lipinski definition) is 6. The Hall–Kier alpha value is -1.44. The maximum Gasteiger partial charge on any atom is 0.119 e. The summed E-state index contributed by atoms with van der Waals surface area (Å²) in [5, 5.41) is 19.2. The highest BCUT2D eigenvalue weighted by atomic mass is 35.5. The first kappa shape index (κ1) is 22.8. The van der Waals surface area contributed by atoms with E-state index in [1.165, 1.54) is 0 Å². The van der Waals surface area contributed by atoms with Gasteiger partial charge in [0.2, 0.25) is 0 Å². The van der Waals surface area contributed by atoms with Gasteiger partial charge < -0.3 is 24.4 Å². The van der Waals surface area contributed by atoms with Crippen LogP contribution in [0.3, 0.4) is 0 Å². The van der Waals surface area contributed by atoms with Crippen LogP contribution in [-0.4, -0.2) is 54.2 Å². The summed E-state index contributed by atoms with van der Waals surface area (Å²) in [4.78, 5) is 2.14. The zero-order valence-corrected chi connectivity index (χ0v) is 17.7. The fraction of sp³-hybridized carbons (Fsp3) is 0.429. The van der Waals surface area contributed by atoms with E-state index >= 15 is 0 Å². The van der Waals surface area contributed by atoms with Crippen molar-refractivity contribution in [3.8, 4) is 11.5 Å². The van der Waals surface area contributed by atoms with Crippen molar-refractivity contribution in [1.82, 2.24) is 0 Å². The minimum atomic E-state index is -0.666. The predicted molar refractivity (Wildman–Crippen MR) is 112 cm³/mol. The monoisotopic (exact) mass is 426 g/mol. The molecule has 0 saturated heterocycles. The van der Waals surface area contributed by atoms with Gasteiger partial charge in [-0.2, -0.15) is 0 Å². The Morgan fingerprint density at radius 2 is 1.25 bits per heavy atom. The SMILES string of the molecule is CC(C)OCC(O)COc1ccc(Sc2ccc(OCC(O)CCl)cc2)cc1. The van der Waals surface area contributed by atoms with Crippen molar-refractivity contribution in [2.75, 3.05) is 25.7 Å². The van der Waals surface area contributed by atoms with Gasteiger partial charge in [-0.15, -0.1) is 11.6 Å². The fourth-order valence-electron chi connectivity index (χ4n) is 2.12. The van der Waals surface area contributed by atoms with Gasteiger partial charge in [0.25, 0.3) is 0 Å². The van der Waals surface area contributed by atoms with Gasteiger partial charge in [-0.05, 0) is 62.4 Å². The number of rotatable bonds is 12. The van der Waals surface area contributed by atoms with Gasteiger partial charge in [0.1, 0.15) is 36.9 Å². The second-order valence-corrected chi connectivity index (χ2v) is 7.97. The quantitative estimate of drug-likeness (QED) is 0.500. The molecule has 0 bridgehead atoms. The molecule has 5 nitrogen and oxygen atoms in total. The Balaban J connectivity index is 1.78. The maximum absolute atomic E-state index is 9.83. The van der Waals surface area contributed by atoms with Crippen molar-refractivity contribution in [1.29, 1.82) is 0 Å². The molecule has 2 aromatic carbocycles. The summed E-state index contributed by atoms with van der Waals surface area (Å²) in [6.45, 7) is 4.48. The minimum Gasteiger partial charge on any atom is -0.491 e. The van der Waals surface area contributed by atoms with E-state index in [1.54, 1.807) is 11.8 Å². The molecule has 2 N–H and O–H groups in total. The normalized spacial score (nSPS) is 13.4. The van der Waals surface area contributed by atoms with Crippen LogP contribution in [0.25, 0.3) is 0 Å². The molecule has 0 fully saturated rings. The number of benzene rings is 2. The van der Waals surface area contributed by atoms with E-state index in [0.717, 1.165) is 9.79 Å². The average molecular weight is 427 g/mol. The molecule has 0 aromatic heterocycles. The molecule has 2 atom stereocenters. The lowest BCUT2D eigenvalue weighted by Crippen LogP contribution is -2.25. The topological polar surface area (TPSA) is 68.2 Å². The maximum atomic E-state index is 9.83. The first-order chi connectivity index (χ1) is 13.5. The molecule has 154 valence electrons. The Bertz CT molecular complexity index is 678. The van der Waals surface area contributed by atoms with Gasteiger partial charge in [0.15, 0.2) is 0 Å². The summed E-state index contributed by atoms with van der Waals surface area (Å²) in [5.41, 5.74) is 0. The van der Waals surface area contributed by atoms with E-state index < -0.39 is 12.2 Å². The van der Waals surface area contributed by atoms with Crippen molar-refractivity contribution in [2.45, 2.75) is 42.0 Å². The van der Waals surface area contributed by atoms with Crippen LogP contribution in [0.1, 0.15) is 13.8 Å². The van der Waals surface area contributed by atoms with Crippen molar-refractivity contribution < 1.29 is 24.4 Å². The van der Waals surface area contributed by atoms with Gasteiger partial charge >= 0.3 is 0 Å². The molecule has 7 heteroatoms. The first-order valence-corrected chi connectivity index (χ1v) is 10.5. The van der Waals surface area contributed by atoms with Crippen LogP contribution in [0.15, 0.2) is 58.3 Å². The molecule has 0 aliphatic heterocycles. The zero-order chi connectivity index (χ0) is 20.4. The highest BCUT2D eigenvalue weighted by Crippen LogP contribution is 2.30. The summed E-state index contributed by atoms with van der Waals surface area (Å²) >= 11 is 7.16. The van der Waals surface area contributed by atoms with Crippen LogP contribution in [0, 0.1) is 0 Å². The number of hydrogen-bond donors (Lipinski definition) is 2. The molecule has 0 amide bonds. The van der Waals surface area contributed by atoms with E-state index in [0.29, 0.717) is 11.5 Å². The smallest absolute Gasteiger partial charge is 0.119 e. The van der Waals surface area contributed by atoms with Gasteiger partial charge in [0, 0.05) is 9.79 Å². The third-order valence-electron chi connectivity index (χ3n) is 3.57. The fourth-order valence-corrected chi connectivity index (χ4v) is 3.03. The second-order valence-electron chi connectivity index (χ2n) is 6.51. The third kappa shape index (κ3) is 8.71. The Labute approximate surface area is 175 Å². The summed E-state index contributed by atoms with van der Waals surface area (Å²) in [7, 11) is 0. The third-order valence-corrected chi connectivity index (χ3v) is 4.94. The van der Waals surface area contributed by atoms with Crippen LogP contribution in [0.4, 0.5) is 0 Å². The number of aliphatic hydroxyl groups is 2. The first-order valence-electron chi connectivity index (χ1n) is 9.13. The van der Waals surface area contributed by atoms with E-state index in [1.807, 2.05) is 62.4 Å². The van der Waals surface area contributed by atoms with Crippen molar-refractivity contribution in [3.05, 3.63) is 48.5 Å². The lowest BCUT2D eigenvalue weighted by Gasteiger charge is -2.14. The van der Waals surface area contributed by atoms with Gasteiger partial charge in [-0.3, -0.25) is 0 Å². The van der Waals surface area contributed by atoms with Crippen molar-refractivity contribution in [2.24, 2.45) is 0 Å². The van der Waals surface area contributed by atoms with Crippen molar-refractivity contribution >= 4 is 23.4 Å². The Morgan fingerprint density at radius 1 is 0.786 bits per heavy atom. The molecule has 0 aliphatic carbocycles. The number of aliphatic hydroxyl groups excluding tert-OH is 2. The van der Waals surface area contributed by atoms with Crippen molar-refractivity contribution in [3.63, 3.8) is 0 Å². The summed E-state index contributed by atoms with van der Waals surface area (Å²) in [6.07, 6.45) is -1.23. The van der Waals surface area contributed by atoms with Gasteiger partial charge in [0.05, 0.1) is 18.6 Å². The lowest BCUT2D eigenvalue weighted by atomic mass is 10.3. The van der Waals surface area contributed by atoms with Crippen LogP contribution in [0.5, 0.6) is 11.5 Å². The van der Waals surface area contributed by atoms with Gasteiger partial charge in [-0.1, -0.05) is 11.8 Å². The molecule has 2 aromatic rings. The molecule has 0 radical (unpaired) electrons. The molecular weight excluding hydrogens is 400 g/mol. The van der Waals surface area contributed by atoms with E-state index in [4.69, 9.17) is 25.8 Å². The Morgan fingerprint density at radius 3 is 1.68 bits per heavy atom. The molecule has 0 saturated carbocycles. The largest absolute Gasteiger partial charge is 0.491 e. The summed E-state index contributed by atoms with van der Waals surface area (Å²) in [5.74, 6) is 1.55. The Kier molecular flexibility index (Phi) is 9.95. The molecule has 0 aliphatic rings. The number of halogens is 1. The van der Waals surface area contributed by atoms with E-state index in [9.17, 15) is 10.2 Å². The minimum absolute atomic E-state index is 0.0869. The molecule has 28 heavy (non-hydrogen) atoms. The van der Waals surface area contributed by atoms with E-state index in [-0.39, 0.29) is 31.8 Å². The molecule has 2 rings (SSSR count). The highest BCUT2D eigenvalue weighted by molar-refractivity contribution is 7.99. The lowest BCUT2D eigenvalue weighted by molar-refractivity contribution is -0.0122. The van der Waals surface area contributed by atoms with Crippen LogP contribution in [0.2, 0.25) is 0 Å². The number of alkyl halides is 1. The molecule has 0 spiro atoms. The molecular formula is C21H27ClO5S.